The standard InChI is InChI=1S/C20H13BrF5NO2/c1-11-8-17(29-10-12-6-7-13(22)9-15(12)23)18(21)19(28)27(11)16-5-3-2-4-14(16)20(24,25)26/h2-9H,10H2,1H3. The molecule has 152 valence electrons. The van der Waals surface area contributed by atoms with Gasteiger partial charge in [0.25, 0.3) is 5.56 Å². The van der Waals surface area contributed by atoms with Crippen LogP contribution < -0.4 is 10.3 Å². The molecule has 0 spiro atoms. The fourth-order valence-corrected chi connectivity index (χ4v) is 3.19. The first-order valence-corrected chi connectivity index (χ1v) is 9.04. The molecule has 0 aliphatic carbocycles. The highest BCUT2D eigenvalue weighted by Crippen LogP contribution is 2.34. The molecule has 9 heteroatoms. The molecule has 0 atom stereocenters. The summed E-state index contributed by atoms with van der Waals surface area (Å²) in [6, 6.07) is 9.03. The summed E-state index contributed by atoms with van der Waals surface area (Å²) >= 11 is 3.05. The van der Waals surface area contributed by atoms with Crippen molar-refractivity contribution in [2.24, 2.45) is 0 Å². The largest absolute Gasteiger partial charge is 0.487 e. The molecule has 0 bridgehead atoms. The maximum Gasteiger partial charge on any atom is 0.418 e. The van der Waals surface area contributed by atoms with Gasteiger partial charge in [-0.25, -0.2) is 8.78 Å². The van der Waals surface area contributed by atoms with E-state index in [2.05, 4.69) is 15.9 Å². The van der Waals surface area contributed by atoms with Crippen molar-refractivity contribution in [2.45, 2.75) is 19.7 Å². The SMILES string of the molecule is Cc1cc(OCc2ccc(F)cc2F)c(Br)c(=O)n1-c1ccccc1C(F)(F)F. The van der Waals surface area contributed by atoms with Crippen LogP contribution in [0.15, 0.2) is 57.8 Å². The zero-order valence-electron chi connectivity index (χ0n) is 14.9. The van der Waals surface area contributed by atoms with Gasteiger partial charge in [0.1, 0.15) is 28.5 Å². The molecule has 3 aromatic rings. The van der Waals surface area contributed by atoms with Crippen molar-refractivity contribution in [1.29, 1.82) is 0 Å². The zero-order chi connectivity index (χ0) is 21.3. The third-order valence-corrected chi connectivity index (χ3v) is 4.88. The minimum absolute atomic E-state index is 0.0250. The van der Waals surface area contributed by atoms with Gasteiger partial charge in [-0.15, -0.1) is 0 Å². The van der Waals surface area contributed by atoms with Crippen molar-refractivity contribution in [3.05, 3.63) is 91.8 Å². The molecule has 0 radical (unpaired) electrons. The highest BCUT2D eigenvalue weighted by atomic mass is 79.9. The van der Waals surface area contributed by atoms with Gasteiger partial charge in [-0.1, -0.05) is 12.1 Å². The van der Waals surface area contributed by atoms with Crippen LogP contribution >= 0.6 is 15.9 Å². The number of halogens is 6. The molecular weight excluding hydrogens is 461 g/mol. The summed E-state index contributed by atoms with van der Waals surface area (Å²) in [6.45, 7) is 1.15. The van der Waals surface area contributed by atoms with Crippen LogP contribution in [0.4, 0.5) is 22.0 Å². The van der Waals surface area contributed by atoms with Crippen LogP contribution in [0.25, 0.3) is 5.69 Å². The Labute approximate surface area is 170 Å². The van der Waals surface area contributed by atoms with Crippen LogP contribution in [-0.2, 0) is 12.8 Å². The predicted octanol–water partition coefficient (Wildman–Crippen LogP) is 5.78. The lowest BCUT2D eigenvalue weighted by Crippen LogP contribution is -2.24. The lowest BCUT2D eigenvalue weighted by Gasteiger charge is -2.18. The molecule has 0 aliphatic heterocycles. The molecule has 0 amide bonds. The summed E-state index contributed by atoms with van der Waals surface area (Å²) in [6.07, 6.45) is -4.65. The maximum absolute atomic E-state index is 13.7. The van der Waals surface area contributed by atoms with E-state index >= 15 is 0 Å². The van der Waals surface area contributed by atoms with E-state index in [9.17, 15) is 26.7 Å². The van der Waals surface area contributed by atoms with Crippen molar-refractivity contribution in [3.63, 3.8) is 0 Å². The van der Waals surface area contributed by atoms with Crippen LogP contribution in [0, 0.1) is 18.6 Å². The second-order valence-corrected chi connectivity index (χ2v) is 6.94. The van der Waals surface area contributed by atoms with Crippen LogP contribution in [0.5, 0.6) is 5.75 Å². The van der Waals surface area contributed by atoms with E-state index in [1.54, 1.807) is 0 Å². The molecule has 0 fully saturated rings. The Morgan fingerprint density at radius 1 is 1.07 bits per heavy atom. The molecule has 0 saturated heterocycles. The summed E-state index contributed by atoms with van der Waals surface area (Å²) in [5.41, 5.74) is -1.80. The van der Waals surface area contributed by atoms with Gasteiger partial charge >= 0.3 is 6.18 Å². The molecule has 3 nitrogen and oxygen atoms in total. The van der Waals surface area contributed by atoms with Gasteiger partial charge < -0.3 is 4.74 Å². The summed E-state index contributed by atoms with van der Waals surface area (Å²) in [5, 5.41) is 0. The van der Waals surface area contributed by atoms with E-state index in [0.717, 1.165) is 16.7 Å². The highest BCUT2D eigenvalue weighted by Gasteiger charge is 2.34. The smallest absolute Gasteiger partial charge is 0.418 e. The van der Waals surface area contributed by atoms with Gasteiger partial charge in [0.15, 0.2) is 0 Å². The first-order chi connectivity index (χ1) is 13.6. The Morgan fingerprint density at radius 2 is 1.76 bits per heavy atom. The fraction of sp³-hybridized carbons (Fsp3) is 0.150. The predicted molar refractivity (Wildman–Crippen MR) is 100 cm³/mol. The normalized spacial score (nSPS) is 11.6. The minimum atomic E-state index is -4.65. The number of rotatable bonds is 4. The van der Waals surface area contributed by atoms with Crippen molar-refractivity contribution >= 4 is 15.9 Å². The van der Waals surface area contributed by atoms with Gasteiger partial charge in [0, 0.05) is 23.4 Å². The van der Waals surface area contributed by atoms with E-state index < -0.39 is 28.9 Å². The monoisotopic (exact) mass is 473 g/mol. The third-order valence-electron chi connectivity index (χ3n) is 4.15. The summed E-state index contributed by atoms with van der Waals surface area (Å²) in [7, 11) is 0. The number of aromatic nitrogens is 1. The lowest BCUT2D eigenvalue weighted by molar-refractivity contribution is -0.137. The summed E-state index contributed by atoms with van der Waals surface area (Å²) in [4.78, 5) is 12.8. The van der Waals surface area contributed by atoms with Gasteiger partial charge in [-0.05, 0) is 47.1 Å². The van der Waals surface area contributed by atoms with E-state index in [1.165, 1.54) is 37.3 Å². The number of alkyl halides is 3. The second-order valence-electron chi connectivity index (χ2n) is 6.14. The molecule has 29 heavy (non-hydrogen) atoms. The molecule has 3 rings (SSSR count). The number of hydrogen-bond acceptors (Lipinski definition) is 2. The average molecular weight is 474 g/mol. The molecular formula is C20H13BrF5NO2. The van der Waals surface area contributed by atoms with Gasteiger partial charge in [0.2, 0.25) is 0 Å². The molecule has 1 aromatic heterocycles. The number of pyridine rings is 1. The van der Waals surface area contributed by atoms with E-state index in [4.69, 9.17) is 4.74 Å². The van der Waals surface area contributed by atoms with Gasteiger partial charge in [-0.3, -0.25) is 9.36 Å². The van der Waals surface area contributed by atoms with E-state index in [1.807, 2.05) is 0 Å². The minimum Gasteiger partial charge on any atom is -0.487 e. The summed E-state index contributed by atoms with van der Waals surface area (Å²) in [5.74, 6) is -1.53. The third kappa shape index (κ3) is 4.34. The van der Waals surface area contributed by atoms with Crippen LogP contribution in [0.2, 0.25) is 0 Å². The topological polar surface area (TPSA) is 31.2 Å². The van der Waals surface area contributed by atoms with Crippen molar-refractivity contribution in [2.75, 3.05) is 0 Å². The Bertz CT molecular complexity index is 1120. The number of para-hydroxylation sites is 1. The van der Waals surface area contributed by atoms with Crippen molar-refractivity contribution < 1.29 is 26.7 Å². The Balaban J connectivity index is 2.01. The Morgan fingerprint density at radius 3 is 2.41 bits per heavy atom. The Hall–Kier alpha value is -2.68. The van der Waals surface area contributed by atoms with Crippen molar-refractivity contribution in [3.8, 4) is 11.4 Å². The first kappa shape index (κ1) is 21.0. The summed E-state index contributed by atoms with van der Waals surface area (Å²) < 4.78 is 73.0. The molecule has 1 heterocycles. The first-order valence-electron chi connectivity index (χ1n) is 8.25. The lowest BCUT2D eigenvalue weighted by atomic mass is 10.1. The molecule has 0 N–H and O–H groups in total. The Kier molecular flexibility index (Phi) is 5.79. The highest BCUT2D eigenvalue weighted by molar-refractivity contribution is 9.10. The van der Waals surface area contributed by atoms with Gasteiger partial charge in [-0.2, -0.15) is 13.2 Å². The molecule has 0 saturated carbocycles. The molecule has 0 unspecified atom stereocenters. The van der Waals surface area contributed by atoms with E-state index in [-0.39, 0.29) is 33.8 Å². The number of benzene rings is 2. The van der Waals surface area contributed by atoms with Crippen LogP contribution in [0.1, 0.15) is 16.8 Å². The zero-order valence-corrected chi connectivity index (χ0v) is 16.4. The average Bonchev–Trinajstić information content (AvgIpc) is 2.64. The van der Waals surface area contributed by atoms with Crippen molar-refractivity contribution in [1.82, 2.24) is 4.57 Å². The second kappa shape index (κ2) is 7.98. The number of hydrogen-bond donors (Lipinski definition) is 0. The quantitative estimate of drug-likeness (QED) is 0.449. The molecule has 2 aromatic carbocycles. The number of nitrogens with zero attached hydrogens (tertiary/aromatic N) is 1. The maximum atomic E-state index is 13.7. The number of aryl methyl sites for hydroxylation is 1. The van der Waals surface area contributed by atoms with Crippen LogP contribution in [0.3, 0.4) is 0 Å². The van der Waals surface area contributed by atoms with Crippen LogP contribution in [-0.4, -0.2) is 4.57 Å². The number of ether oxygens (including phenoxy) is 1. The van der Waals surface area contributed by atoms with E-state index in [0.29, 0.717) is 6.07 Å². The fourth-order valence-electron chi connectivity index (χ4n) is 2.79. The van der Waals surface area contributed by atoms with Gasteiger partial charge in [0.05, 0.1) is 11.3 Å². The molecule has 0 aliphatic rings.